The van der Waals surface area contributed by atoms with Gasteiger partial charge in [0.05, 0.1) is 5.69 Å². The van der Waals surface area contributed by atoms with Crippen LogP contribution in [0.3, 0.4) is 0 Å². The van der Waals surface area contributed by atoms with Crippen molar-refractivity contribution in [3.63, 3.8) is 0 Å². The third-order valence-corrected chi connectivity index (χ3v) is 4.60. The van der Waals surface area contributed by atoms with Crippen LogP contribution in [0.4, 0.5) is 4.39 Å². The zero-order valence-electron chi connectivity index (χ0n) is 16.6. The van der Waals surface area contributed by atoms with Gasteiger partial charge in [-0.1, -0.05) is 18.2 Å². The highest BCUT2D eigenvalue weighted by Crippen LogP contribution is 2.20. The van der Waals surface area contributed by atoms with Gasteiger partial charge in [-0.2, -0.15) is 5.10 Å². The molecule has 0 bridgehead atoms. The van der Waals surface area contributed by atoms with Crippen LogP contribution in [0, 0.1) is 19.7 Å². The van der Waals surface area contributed by atoms with E-state index in [-0.39, 0.29) is 11.7 Å². The normalized spacial score (nSPS) is 10.9. The number of aromatic nitrogens is 4. The van der Waals surface area contributed by atoms with Crippen LogP contribution >= 0.6 is 0 Å². The first-order valence-electron chi connectivity index (χ1n) is 9.50. The molecular weight excluding hydrogens is 385 g/mol. The van der Waals surface area contributed by atoms with Crippen LogP contribution in [0.2, 0.25) is 0 Å². The monoisotopic (exact) mass is 405 g/mol. The Kier molecular flexibility index (Phi) is 5.38. The third-order valence-electron chi connectivity index (χ3n) is 4.60. The van der Waals surface area contributed by atoms with Gasteiger partial charge in [0.1, 0.15) is 11.5 Å². The molecule has 0 atom stereocenters. The van der Waals surface area contributed by atoms with Crippen molar-refractivity contribution < 1.29 is 13.6 Å². The predicted octanol–water partition coefficient (Wildman–Crippen LogP) is 3.65. The summed E-state index contributed by atoms with van der Waals surface area (Å²) in [5.41, 5.74) is 3.68. The van der Waals surface area contributed by atoms with Gasteiger partial charge in [-0.3, -0.25) is 4.79 Å². The van der Waals surface area contributed by atoms with Crippen LogP contribution < -0.4 is 5.32 Å². The number of nitrogens with zero attached hydrogens (tertiary/aromatic N) is 4. The summed E-state index contributed by atoms with van der Waals surface area (Å²) in [5.74, 6) is 0.364. The Labute approximate surface area is 172 Å². The van der Waals surface area contributed by atoms with Crippen LogP contribution in [-0.4, -0.2) is 32.4 Å². The van der Waals surface area contributed by atoms with Crippen molar-refractivity contribution in [2.24, 2.45) is 0 Å². The molecule has 8 heteroatoms. The van der Waals surface area contributed by atoms with Crippen molar-refractivity contribution in [3.05, 3.63) is 83.1 Å². The number of hydrogen-bond donors (Lipinski definition) is 1. The molecule has 0 saturated heterocycles. The summed E-state index contributed by atoms with van der Waals surface area (Å²) < 4.78 is 20.1. The fourth-order valence-electron chi connectivity index (χ4n) is 3.09. The lowest BCUT2D eigenvalue weighted by Crippen LogP contribution is -2.25. The molecule has 30 heavy (non-hydrogen) atoms. The van der Waals surface area contributed by atoms with E-state index in [2.05, 4.69) is 20.6 Å². The molecule has 0 fully saturated rings. The van der Waals surface area contributed by atoms with Gasteiger partial charge in [0.2, 0.25) is 5.89 Å². The zero-order valence-corrected chi connectivity index (χ0v) is 16.6. The highest BCUT2D eigenvalue weighted by atomic mass is 19.1. The maximum atomic E-state index is 13.0. The number of hydrogen-bond acceptors (Lipinski definition) is 5. The van der Waals surface area contributed by atoms with Gasteiger partial charge in [0.15, 0.2) is 0 Å². The van der Waals surface area contributed by atoms with Crippen molar-refractivity contribution in [2.75, 3.05) is 6.54 Å². The predicted molar refractivity (Wildman–Crippen MR) is 109 cm³/mol. The quantitative estimate of drug-likeness (QED) is 0.529. The van der Waals surface area contributed by atoms with Gasteiger partial charge in [0, 0.05) is 24.7 Å². The third kappa shape index (κ3) is 4.27. The molecule has 2 heterocycles. The van der Waals surface area contributed by atoms with E-state index >= 15 is 0 Å². The Morgan fingerprint density at radius 1 is 1.10 bits per heavy atom. The van der Waals surface area contributed by atoms with Crippen LogP contribution in [0.1, 0.15) is 27.5 Å². The summed E-state index contributed by atoms with van der Waals surface area (Å²) in [4.78, 5) is 12.6. The van der Waals surface area contributed by atoms with E-state index in [0.717, 1.165) is 16.9 Å². The maximum absolute atomic E-state index is 13.0. The molecule has 1 amide bonds. The van der Waals surface area contributed by atoms with Crippen molar-refractivity contribution in [3.8, 4) is 17.3 Å². The molecule has 0 unspecified atom stereocenters. The Morgan fingerprint density at radius 3 is 2.63 bits per heavy atom. The van der Waals surface area contributed by atoms with Crippen LogP contribution in [-0.2, 0) is 6.42 Å². The van der Waals surface area contributed by atoms with Gasteiger partial charge in [-0.05, 0) is 55.3 Å². The lowest BCUT2D eigenvalue weighted by Gasteiger charge is -2.08. The van der Waals surface area contributed by atoms with E-state index in [1.807, 2.05) is 25.1 Å². The molecule has 0 radical (unpaired) electrons. The van der Waals surface area contributed by atoms with Crippen molar-refractivity contribution in [2.45, 2.75) is 20.3 Å². The van der Waals surface area contributed by atoms with Gasteiger partial charge < -0.3 is 9.73 Å². The first-order valence-corrected chi connectivity index (χ1v) is 9.50. The molecule has 4 aromatic rings. The second kappa shape index (κ2) is 8.28. The smallest absolute Gasteiger partial charge is 0.268 e. The van der Waals surface area contributed by atoms with E-state index in [1.54, 1.807) is 35.9 Å². The van der Waals surface area contributed by atoms with E-state index < -0.39 is 0 Å². The average molecular weight is 405 g/mol. The summed E-state index contributed by atoms with van der Waals surface area (Å²) in [6.07, 6.45) is 0.622. The van der Waals surface area contributed by atoms with Gasteiger partial charge >= 0.3 is 0 Å². The summed E-state index contributed by atoms with van der Waals surface area (Å²) in [6.45, 7) is 4.09. The number of carbonyl (C=O) groups is 1. The molecule has 4 rings (SSSR count). The van der Waals surface area contributed by atoms with E-state index in [1.165, 1.54) is 12.1 Å². The van der Waals surface area contributed by atoms with Gasteiger partial charge in [-0.15, -0.1) is 10.2 Å². The fourth-order valence-corrected chi connectivity index (χ4v) is 3.09. The fraction of sp³-hybridized carbons (Fsp3) is 0.182. The van der Waals surface area contributed by atoms with Gasteiger partial charge in [-0.25, -0.2) is 9.07 Å². The Hall–Kier alpha value is -3.81. The summed E-state index contributed by atoms with van der Waals surface area (Å²) in [6, 6.07) is 15.3. The number of nitrogens with one attached hydrogen (secondary N) is 1. The lowest BCUT2D eigenvalue weighted by atomic mass is 10.1. The lowest BCUT2D eigenvalue weighted by molar-refractivity contribution is 0.0954. The number of rotatable bonds is 6. The second-order valence-corrected chi connectivity index (χ2v) is 6.89. The molecule has 0 aliphatic heterocycles. The summed E-state index contributed by atoms with van der Waals surface area (Å²) in [7, 11) is 0. The highest BCUT2D eigenvalue weighted by Gasteiger charge is 2.14. The molecule has 2 aromatic heterocycles. The highest BCUT2D eigenvalue weighted by molar-refractivity contribution is 5.94. The maximum Gasteiger partial charge on any atom is 0.268 e. The molecule has 7 nitrogen and oxygen atoms in total. The number of benzene rings is 2. The topological polar surface area (TPSA) is 85.8 Å². The molecule has 0 saturated carbocycles. The van der Waals surface area contributed by atoms with Crippen molar-refractivity contribution in [1.82, 2.24) is 25.3 Å². The summed E-state index contributed by atoms with van der Waals surface area (Å²) >= 11 is 0. The molecule has 1 N–H and O–H groups in total. The molecule has 0 aliphatic rings. The van der Waals surface area contributed by atoms with E-state index in [4.69, 9.17) is 4.42 Å². The standard InChI is InChI=1S/C22H20FN5O2/c1-14-12-20(22-26-25-15(2)30-22)27-28(14)19-5-3-4-17(13-19)21(29)24-11-10-16-6-8-18(23)9-7-16/h3-9,12-13H,10-11H2,1-2H3,(H,24,29). The summed E-state index contributed by atoms with van der Waals surface area (Å²) in [5, 5.41) is 15.2. The first kappa shape index (κ1) is 19.5. The Bertz CT molecular complexity index is 1180. The second-order valence-electron chi connectivity index (χ2n) is 6.89. The number of carbonyl (C=O) groups excluding carboxylic acids is 1. The SMILES string of the molecule is Cc1nnc(-c2cc(C)n(-c3cccc(C(=O)NCCc4ccc(F)cc4)c3)n2)o1. The molecule has 0 spiro atoms. The Balaban J connectivity index is 1.46. The van der Waals surface area contributed by atoms with Crippen LogP contribution in [0.25, 0.3) is 17.3 Å². The minimum Gasteiger partial charge on any atom is -0.420 e. The molecule has 2 aromatic carbocycles. The van der Waals surface area contributed by atoms with Crippen LogP contribution in [0.15, 0.2) is 59.0 Å². The minimum atomic E-state index is -0.272. The number of amides is 1. The molecular formula is C22H20FN5O2. The van der Waals surface area contributed by atoms with Crippen molar-refractivity contribution >= 4 is 5.91 Å². The largest absolute Gasteiger partial charge is 0.420 e. The van der Waals surface area contributed by atoms with Crippen LogP contribution in [0.5, 0.6) is 0 Å². The van der Waals surface area contributed by atoms with E-state index in [0.29, 0.717) is 36.0 Å². The van der Waals surface area contributed by atoms with E-state index in [9.17, 15) is 9.18 Å². The van der Waals surface area contributed by atoms with Gasteiger partial charge in [0.25, 0.3) is 11.8 Å². The molecule has 152 valence electrons. The molecule has 0 aliphatic carbocycles. The first-order chi connectivity index (χ1) is 14.5. The van der Waals surface area contributed by atoms with Crippen molar-refractivity contribution in [1.29, 1.82) is 0 Å². The minimum absolute atomic E-state index is 0.184. The number of aryl methyl sites for hydroxylation is 2. The Morgan fingerprint density at radius 2 is 1.90 bits per heavy atom. The zero-order chi connectivity index (χ0) is 21.1. The average Bonchev–Trinajstić information content (AvgIpc) is 3.35. The number of halogens is 1.